The maximum Gasteiger partial charge on any atom is 0.358 e. The molecular weight excluding hydrogens is 294 g/mol. The van der Waals surface area contributed by atoms with E-state index in [-0.39, 0.29) is 11.7 Å². The van der Waals surface area contributed by atoms with E-state index in [2.05, 4.69) is 10.3 Å². The summed E-state index contributed by atoms with van der Waals surface area (Å²) in [7, 11) is 1.62. The molecule has 1 atom stereocenters. The van der Waals surface area contributed by atoms with Crippen molar-refractivity contribution in [3.63, 3.8) is 0 Å². The molecule has 0 radical (unpaired) electrons. The summed E-state index contributed by atoms with van der Waals surface area (Å²) < 4.78 is 6.67. The Morgan fingerprint density at radius 1 is 1.43 bits per heavy atom. The number of carbonyl (C=O) groups is 1. The van der Waals surface area contributed by atoms with Crippen molar-refractivity contribution in [3.8, 4) is 11.3 Å². The summed E-state index contributed by atoms with van der Waals surface area (Å²) in [4.78, 5) is 11.3. The van der Waals surface area contributed by atoms with Crippen LogP contribution in [0.3, 0.4) is 0 Å². The fourth-order valence-corrected chi connectivity index (χ4v) is 2.16. The van der Waals surface area contributed by atoms with Crippen molar-refractivity contribution in [2.45, 2.75) is 19.4 Å². The Kier molecular flexibility index (Phi) is 4.93. The third-order valence-electron chi connectivity index (χ3n) is 3.17. The van der Waals surface area contributed by atoms with Gasteiger partial charge in [-0.05, 0) is 25.5 Å². The molecule has 1 aromatic carbocycles. The number of carboxylic acid groups (broad SMARTS) is 1. The van der Waals surface area contributed by atoms with Crippen LogP contribution < -0.4 is 0 Å². The van der Waals surface area contributed by atoms with Gasteiger partial charge in [-0.25, -0.2) is 9.48 Å². The molecule has 0 aliphatic carbocycles. The fraction of sp³-hybridized carbons (Fsp3) is 0.357. The lowest BCUT2D eigenvalue weighted by Crippen LogP contribution is -2.12. The normalized spacial score (nSPS) is 12.3. The SMILES string of the molecule is COCCC(C)n1nnc(C(=O)O)c1-c1ccc(Cl)cc1. The number of benzene rings is 1. The summed E-state index contributed by atoms with van der Waals surface area (Å²) in [5.41, 5.74) is 1.12. The minimum Gasteiger partial charge on any atom is -0.476 e. The van der Waals surface area contributed by atoms with Crippen molar-refractivity contribution < 1.29 is 14.6 Å². The number of aromatic carboxylic acids is 1. The van der Waals surface area contributed by atoms with Crippen LogP contribution in [0, 0.1) is 0 Å². The number of hydrogen-bond acceptors (Lipinski definition) is 4. The Hall–Kier alpha value is -1.92. The summed E-state index contributed by atoms with van der Waals surface area (Å²) >= 11 is 5.88. The summed E-state index contributed by atoms with van der Waals surface area (Å²) in [6.07, 6.45) is 0.708. The molecule has 1 N–H and O–H groups in total. The van der Waals surface area contributed by atoms with Crippen LogP contribution in [0.2, 0.25) is 5.02 Å². The molecule has 6 nitrogen and oxygen atoms in total. The topological polar surface area (TPSA) is 77.2 Å². The zero-order valence-electron chi connectivity index (χ0n) is 11.8. The molecule has 2 rings (SSSR count). The monoisotopic (exact) mass is 309 g/mol. The number of nitrogens with zero attached hydrogens (tertiary/aromatic N) is 3. The standard InChI is InChI=1S/C14H16ClN3O3/c1-9(7-8-21-2)18-13(12(14(19)20)16-17-18)10-3-5-11(15)6-4-10/h3-6,9H,7-8H2,1-2H3,(H,19,20). The van der Waals surface area contributed by atoms with Crippen LogP contribution in [0.5, 0.6) is 0 Å². The maximum absolute atomic E-state index is 11.3. The Balaban J connectivity index is 2.47. The van der Waals surface area contributed by atoms with Crippen LogP contribution in [0.25, 0.3) is 11.3 Å². The molecule has 1 unspecified atom stereocenters. The van der Waals surface area contributed by atoms with E-state index < -0.39 is 5.97 Å². The smallest absolute Gasteiger partial charge is 0.358 e. The van der Waals surface area contributed by atoms with Crippen LogP contribution in [0.15, 0.2) is 24.3 Å². The highest BCUT2D eigenvalue weighted by Crippen LogP contribution is 2.27. The van der Waals surface area contributed by atoms with Crippen molar-refractivity contribution in [2.24, 2.45) is 0 Å². The number of ether oxygens (including phenoxy) is 1. The molecule has 0 aliphatic heterocycles. The third kappa shape index (κ3) is 3.40. The van der Waals surface area contributed by atoms with E-state index in [0.717, 1.165) is 0 Å². The quantitative estimate of drug-likeness (QED) is 0.887. The Morgan fingerprint density at radius 3 is 2.67 bits per heavy atom. The largest absolute Gasteiger partial charge is 0.476 e. The maximum atomic E-state index is 11.3. The molecule has 21 heavy (non-hydrogen) atoms. The van der Waals surface area contributed by atoms with E-state index >= 15 is 0 Å². The van der Waals surface area contributed by atoms with Crippen molar-refractivity contribution in [2.75, 3.05) is 13.7 Å². The summed E-state index contributed by atoms with van der Waals surface area (Å²) in [5.74, 6) is -1.11. The van der Waals surface area contributed by atoms with Gasteiger partial charge in [0.15, 0.2) is 5.69 Å². The number of rotatable bonds is 6. The van der Waals surface area contributed by atoms with Crippen molar-refractivity contribution in [1.29, 1.82) is 0 Å². The van der Waals surface area contributed by atoms with E-state index in [0.29, 0.717) is 29.3 Å². The molecular formula is C14H16ClN3O3. The van der Waals surface area contributed by atoms with Gasteiger partial charge < -0.3 is 9.84 Å². The summed E-state index contributed by atoms with van der Waals surface area (Å²) in [6, 6.07) is 6.90. The molecule has 0 aliphatic rings. The Bertz CT molecular complexity index is 625. The van der Waals surface area contributed by atoms with Gasteiger partial charge in [-0.2, -0.15) is 0 Å². The van der Waals surface area contributed by atoms with Gasteiger partial charge in [0.2, 0.25) is 0 Å². The average Bonchev–Trinajstić information content (AvgIpc) is 2.90. The molecule has 0 spiro atoms. The van der Waals surface area contributed by atoms with Gasteiger partial charge in [-0.15, -0.1) is 5.10 Å². The average molecular weight is 310 g/mol. The van der Waals surface area contributed by atoms with Gasteiger partial charge in [-0.3, -0.25) is 0 Å². The predicted octanol–water partition coefficient (Wildman–Crippen LogP) is 2.89. The van der Waals surface area contributed by atoms with Crippen LogP contribution in [0.1, 0.15) is 29.9 Å². The highest BCUT2D eigenvalue weighted by atomic mass is 35.5. The second kappa shape index (κ2) is 6.69. The highest BCUT2D eigenvalue weighted by Gasteiger charge is 2.23. The molecule has 112 valence electrons. The second-order valence-corrected chi connectivity index (χ2v) is 5.11. The van der Waals surface area contributed by atoms with E-state index in [1.165, 1.54) is 0 Å². The first kappa shape index (κ1) is 15.5. The first-order valence-corrected chi connectivity index (χ1v) is 6.85. The first-order valence-electron chi connectivity index (χ1n) is 6.48. The van der Waals surface area contributed by atoms with Gasteiger partial charge in [-0.1, -0.05) is 28.9 Å². The number of aromatic nitrogens is 3. The van der Waals surface area contributed by atoms with Crippen LogP contribution in [-0.2, 0) is 4.74 Å². The molecule has 7 heteroatoms. The van der Waals surface area contributed by atoms with Gasteiger partial charge in [0.25, 0.3) is 0 Å². The lowest BCUT2D eigenvalue weighted by Gasteiger charge is -2.14. The number of methoxy groups -OCH3 is 1. The van der Waals surface area contributed by atoms with Crippen molar-refractivity contribution >= 4 is 17.6 Å². The third-order valence-corrected chi connectivity index (χ3v) is 3.42. The lowest BCUT2D eigenvalue weighted by molar-refractivity contribution is 0.0691. The van der Waals surface area contributed by atoms with Gasteiger partial charge in [0, 0.05) is 24.3 Å². The molecule has 1 heterocycles. The van der Waals surface area contributed by atoms with Gasteiger partial charge >= 0.3 is 5.97 Å². The zero-order chi connectivity index (χ0) is 15.4. The van der Waals surface area contributed by atoms with Crippen LogP contribution >= 0.6 is 11.6 Å². The molecule has 0 amide bonds. The molecule has 2 aromatic rings. The summed E-state index contributed by atoms with van der Waals surface area (Å²) in [5, 5.41) is 17.6. The van der Waals surface area contributed by atoms with E-state index in [1.807, 2.05) is 6.92 Å². The zero-order valence-corrected chi connectivity index (χ0v) is 12.5. The van der Waals surface area contributed by atoms with Crippen LogP contribution in [-0.4, -0.2) is 39.8 Å². The molecule has 0 fully saturated rings. The minimum atomic E-state index is -1.11. The lowest BCUT2D eigenvalue weighted by atomic mass is 10.1. The van der Waals surface area contributed by atoms with Gasteiger partial charge in [0.05, 0.1) is 6.04 Å². The minimum absolute atomic E-state index is 0.0313. The van der Waals surface area contributed by atoms with E-state index in [1.54, 1.807) is 36.1 Å². The van der Waals surface area contributed by atoms with Crippen molar-refractivity contribution in [3.05, 3.63) is 35.0 Å². The number of hydrogen-bond donors (Lipinski definition) is 1. The second-order valence-electron chi connectivity index (χ2n) is 4.67. The van der Waals surface area contributed by atoms with E-state index in [9.17, 15) is 9.90 Å². The number of carboxylic acids is 1. The summed E-state index contributed by atoms with van der Waals surface area (Å²) in [6.45, 7) is 2.50. The highest BCUT2D eigenvalue weighted by molar-refractivity contribution is 6.30. The fourth-order valence-electron chi connectivity index (χ4n) is 2.03. The van der Waals surface area contributed by atoms with E-state index in [4.69, 9.17) is 16.3 Å². The Morgan fingerprint density at radius 2 is 2.10 bits per heavy atom. The first-order chi connectivity index (χ1) is 10.0. The molecule has 0 saturated heterocycles. The Labute approximate surface area is 127 Å². The molecule has 0 bridgehead atoms. The van der Waals surface area contributed by atoms with Crippen molar-refractivity contribution in [1.82, 2.24) is 15.0 Å². The predicted molar refractivity (Wildman–Crippen MR) is 78.6 cm³/mol. The molecule has 0 saturated carbocycles. The number of halogens is 1. The van der Waals surface area contributed by atoms with Gasteiger partial charge in [0.1, 0.15) is 5.69 Å². The molecule has 1 aromatic heterocycles. The van der Waals surface area contributed by atoms with Crippen LogP contribution in [0.4, 0.5) is 0 Å².